The zero-order valence-electron chi connectivity index (χ0n) is 9.51. The van der Waals surface area contributed by atoms with Crippen LogP contribution in [0.25, 0.3) is 0 Å². The lowest BCUT2D eigenvalue weighted by molar-refractivity contribution is -0.176. The van der Waals surface area contributed by atoms with Gasteiger partial charge in [0.2, 0.25) is 0 Å². The number of hydrogen-bond acceptors (Lipinski definition) is 5. The first kappa shape index (κ1) is 11.6. The van der Waals surface area contributed by atoms with Crippen LogP contribution >= 0.6 is 0 Å². The molecule has 1 aliphatic heterocycles. The lowest BCUT2D eigenvalue weighted by Gasteiger charge is -2.29. The Bertz CT molecular complexity index is 423. The number of carbonyl (C=O) groups excluding carboxylic acids is 2. The first-order chi connectivity index (χ1) is 8.02. The zero-order chi connectivity index (χ0) is 12.6. The molecule has 1 heterocycles. The molecule has 2 fully saturated rings. The molecule has 90 valence electrons. The summed E-state index contributed by atoms with van der Waals surface area (Å²) in [6.45, 7) is 5.05. The van der Waals surface area contributed by atoms with Gasteiger partial charge in [-0.3, -0.25) is 4.79 Å². The van der Waals surface area contributed by atoms with Gasteiger partial charge >= 0.3 is 11.9 Å². The predicted octanol–water partition coefficient (Wildman–Crippen LogP) is 0.949. The highest BCUT2D eigenvalue weighted by molar-refractivity contribution is 5.87. The van der Waals surface area contributed by atoms with Crippen molar-refractivity contribution in [2.24, 2.45) is 11.8 Å². The van der Waals surface area contributed by atoms with Crippen molar-refractivity contribution in [3.8, 4) is 6.07 Å². The van der Waals surface area contributed by atoms with Crippen molar-refractivity contribution >= 4 is 11.9 Å². The van der Waals surface area contributed by atoms with Crippen LogP contribution in [0.4, 0.5) is 0 Å². The summed E-state index contributed by atoms with van der Waals surface area (Å²) in [5.74, 6) is -1.30. The molecular formula is C12H13NO4. The maximum atomic E-state index is 11.5. The van der Waals surface area contributed by atoms with E-state index in [1.807, 2.05) is 0 Å². The third-order valence-corrected chi connectivity index (χ3v) is 3.20. The number of nitriles is 1. The van der Waals surface area contributed by atoms with E-state index in [4.69, 9.17) is 14.7 Å². The number of fused-ring (bicyclic) bond motifs is 2. The van der Waals surface area contributed by atoms with Crippen molar-refractivity contribution in [2.75, 3.05) is 0 Å². The fourth-order valence-corrected chi connectivity index (χ4v) is 2.37. The van der Waals surface area contributed by atoms with Crippen molar-refractivity contribution in [2.45, 2.75) is 32.0 Å². The highest BCUT2D eigenvalue weighted by Gasteiger charge is 2.52. The number of esters is 2. The molecule has 2 rings (SSSR count). The van der Waals surface area contributed by atoms with Gasteiger partial charge in [-0.1, -0.05) is 6.58 Å². The van der Waals surface area contributed by atoms with Gasteiger partial charge in [-0.25, -0.2) is 4.79 Å². The van der Waals surface area contributed by atoms with E-state index in [0.29, 0.717) is 12.0 Å². The standard InChI is InChI=1S/C12H13NO4/c1-6(2)12(15)17-10-7-3-8(5-13)11(10)16-9(14)4-7/h7-8,10-11H,1,3-4H2,2H3. The van der Waals surface area contributed by atoms with Crippen molar-refractivity contribution < 1.29 is 19.1 Å². The SMILES string of the molecule is C=C(C)C(=O)OC1C2CC(=O)OC1C(C#N)C2. The largest absolute Gasteiger partial charge is 0.457 e. The number of nitrogens with zero attached hydrogens (tertiary/aromatic N) is 1. The van der Waals surface area contributed by atoms with Gasteiger partial charge in [0.25, 0.3) is 0 Å². The number of hydrogen-bond donors (Lipinski definition) is 0. The van der Waals surface area contributed by atoms with Crippen LogP contribution in [-0.2, 0) is 19.1 Å². The first-order valence-electron chi connectivity index (χ1n) is 5.48. The fraction of sp³-hybridized carbons (Fsp3) is 0.583. The molecule has 0 aromatic rings. The molecule has 0 amide bonds. The number of rotatable bonds is 2. The van der Waals surface area contributed by atoms with E-state index in [0.717, 1.165) is 0 Å². The minimum Gasteiger partial charge on any atom is -0.457 e. The van der Waals surface area contributed by atoms with Crippen LogP contribution in [0, 0.1) is 23.2 Å². The van der Waals surface area contributed by atoms with Gasteiger partial charge in [0, 0.05) is 11.5 Å². The minimum absolute atomic E-state index is 0.103. The highest BCUT2D eigenvalue weighted by atomic mass is 16.6. The van der Waals surface area contributed by atoms with E-state index < -0.39 is 18.2 Å². The average molecular weight is 235 g/mol. The zero-order valence-corrected chi connectivity index (χ0v) is 9.51. The van der Waals surface area contributed by atoms with Gasteiger partial charge in [0.15, 0.2) is 6.10 Å². The van der Waals surface area contributed by atoms with E-state index in [-0.39, 0.29) is 24.2 Å². The van der Waals surface area contributed by atoms with Crippen LogP contribution in [0.2, 0.25) is 0 Å². The van der Waals surface area contributed by atoms with Gasteiger partial charge in [0.1, 0.15) is 6.10 Å². The van der Waals surface area contributed by atoms with Gasteiger partial charge in [-0.2, -0.15) is 5.26 Å². The molecule has 5 nitrogen and oxygen atoms in total. The summed E-state index contributed by atoms with van der Waals surface area (Å²) < 4.78 is 10.4. The van der Waals surface area contributed by atoms with Crippen LogP contribution in [0.3, 0.4) is 0 Å². The summed E-state index contributed by atoms with van der Waals surface area (Å²) in [4.78, 5) is 22.7. The monoisotopic (exact) mass is 235 g/mol. The van der Waals surface area contributed by atoms with Crippen LogP contribution < -0.4 is 0 Å². The molecule has 0 aromatic carbocycles. The van der Waals surface area contributed by atoms with E-state index in [1.165, 1.54) is 0 Å². The van der Waals surface area contributed by atoms with Crippen molar-refractivity contribution in [3.05, 3.63) is 12.2 Å². The third kappa shape index (κ3) is 2.03. The summed E-state index contributed by atoms with van der Waals surface area (Å²) in [6, 6.07) is 2.10. The normalized spacial score (nSPS) is 34.7. The topological polar surface area (TPSA) is 76.4 Å². The lowest BCUT2D eigenvalue weighted by Crippen LogP contribution is -2.41. The van der Waals surface area contributed by atoms with Gasteiger partial charge in [-0.05, 0) is 13.3 Å². The van der Waals surface area contributed by atoms with Crippen LogP contribution in [0.15, 0.2) is 12.2 Å². The molecule has 17 heavy (non-hydrogen) atoms. The summed E-state index contributed by atoms with van der Waals surface area (Å²) >= 11 is 0. The van der Waals surface area contributed by atoms with E-state index in [9.17, 15) is 9.59 Å². The Morgan fingerprint density at radius 1 is 1.65 bits per heavy atom. The lowest BCUT2D eigenvalue weighted by atomic mass is 9.99. The van der Waals surface area contributed by atoms with Crippen LogP contribution in [0.1, 0.15) is 19.8 Å². The second-order valence-corrected chi connectivity index (χ2v) is 4.54. The van der Waals surface area contributed by atoms with Crippen molar-refractivity contribution in [1.29, 1.82) is 5.26 Å². The average Bonchev–Trinajstić information content (AvgIpc) is 2.48. The molecule has 1 saturated carbocycles. The molecule has 0 N–H and O–H groups in total. The van der Waals surface area contributed by atoms with E-state index in [1.54, 1.807) is 6.92 Å². The Labute approximate surface area is 99.0 Å². The molecule has 5 heteroatoms. The van der Waals surface area contributed by atoms with E-state index in [2.05, 4.69) is 12.6 Å². The summed E-state index contributed by atoms with van der Waals surface area (Å²) in [6.07, 6.45) is -0.361. The molecule has 0 aromatic heterocycles. The second-order valence-electron chi connectivity index (χ2n) is 4.54. The Morgan fingerprint density at radius 3 is 2.94 bits per heavy atom. The molecule has 1 saturated heterocycles. The van der Waals surface area contributed by atoms with Crippen molar-refractivity contribution in [1.82, 2.24) is 0 Å². The smallest absolute Gasteiger partial charge is 0.333 e. The molecule has 4 atom stereocenters. The molecule has 0 radical (unpaired) electrons. The predicted molar refractivity (Wildman–Crippen MR) is 56.4 cm³/mol. The molecule has 2 aliphatic rings. The van der Waals surface area contributed by atoms with Gasteiger partial charge < -0.3 is 9.47 Å². The quantitative estimate of drug-likeness (QED) is 0.526. The Balaban J connectivity index is 2.14. The second kappa shape index (κ2) is 4.21. The molecule has 1 aliphatic carbocycles. The Kier molecular flexibility index (Phi) is 2.88. The van der Waals surface area contributed by atoms with Gasteiger partial charge in [0.05, 0.1) is 18.4 Å². The van der Waals surface area contributed by atoms with E-state index >= 15 is 0 Å². The maximum Gasteiger partial charge on any atom is 0.333 e. The van der Waals surface area contributed by atoms with Crippen LogP contribution in [-0.4, -0.2) is 24.1 Å². The summed E-state index contributed by atoms with van der Waals surface area (Å²) in [7, 11) is 0. The minimum atomic E-state index is -0.616. The summed E-state index contributed by atoms with van der Waals surface area (Å²) in [5.41, 5.74) is 0.301. The maximum absolute atomic E-state index is 11.5. The van der Waals surface area contributed by atoms with Gasteiger partial charge in [-0.15, -0.1) is 0 Å². The van der Waals surface area contributed by atoms with Crippen molar-refractivity contribution in [3.63, 3.8) is 0 Å². The Hall–Kier alpha value is -1.83. The number of ether oxygens (including phenoxy) is 2. The van der Waals surface area contributed by atoms with Crippen LogP contribution in [0.5, 0.6) is 0 Å². The third-order valence-electron chi connectivity index (χ3n) is 3.20. The number of carbonyl (C=O) groups is 2. The Morgan fingerprint density at radius 2 is 2.35 bits per heavy atom. The molecule has 2 bridgehead atoms. The highest BCUT2D eigenvalue weighted by Crippen LogP contribution is 2.41. The first-order valence-corrected chi connectivity index (χ1v) is 5.48. The molecule has 0 spiro atoms. The fourth-order valence-electron chi connectivity index (χ4n) is 2.37. The molecular weight excluding hydrogens is 222 g/mol. The molecule has 4 unspecified atom stereocenters. The summed E-state index contributed by atoms with van der Waals surface area (Å²) in [5, 5.41) is 8.96.